The van der Waals surface area contributed by atoms with Gasteiger partial charge in [0.2, 0.25) is 5.95 Å². The van der Waals surface area contributed by atoms with E-state index < -0.39 is 0 Å². The van der Waals surface area contributed by atoms with E-state index in [0.717, 1.165) is 31.3 Å². The van der Waals surface area contributed by atoms with Gasteiger partial charge in [-0.25, -0.2) is 4.98 Å². The molecule has 0 unspecified atom stereocenters. The average Bonchev–Trinajstić information content (AvgIpc) is 3.02. The van der Waals surface area contributed by atoms with Gasteiger partial charge in [-0.3, -0.25) is 0 Å². The summed E-state index contributed by atoms with van der Waals surface area (Å²) in [5, 5.41) is 7.00. The molecular weight excluding hydrogens is 276 g/mol. The fourth-order valence-electron chi connectivity index (χ4n) is 3.49. The van der Waals surface area contributed by atoms with Gasteiger partial charge in [0.25, 0.3) is 0 Å². The highest BCUT2D eigenvalue weighted by Gasteiger charge is 2.27. The van der Waals surface area contributed by atoms with E-state index >= 15 is 0 Å². The summed E-state index contributed by atoms with van der Waals surface area (Å²) in [6.07, 6.45) is 10.3. The Morgan fingerprint density at radius 2 is 1.91 bits per heavy atom. The van der Waals surface area contributed by atoms with E-state index in [4.69, 9.17) is 9.72 Å². The predicted octanol–water partition coefficient (Wildman–Crippen LogP) is 3.30. The van der Waals surface area contributed by atoms with Crippen LogP contribution in [0.1, 0.15) is 63.0 Å². The first-order valence-electron chi connectivity index (χ1n) is 8.88. The van der Waals surface area contributed by atoms with Crippen LogP contribution in [0.15, 0.2) is 6.07 Å². The molecule has 1 aromatic rings. The van der Waals surface area contributed by atoms with Crippen LogP contribution in [0.2, 0.25) is 0 Å². The Bertz CT molecular complexity index is 505. The maximum atomic E-state index is 5.68. The fraction of sp³-hybridized carbons (Fsp3) is 0.765. The van der Waals surface area contributed by atoms with E-state index in [9.17, 15) is 0 Å². The molecule has 5 heteroatoms. The Balaban J connectivity index is 1.44. The molecule has 2 N–H and O–H groups in total. The summed E-state index contributed by atoms with van der Waals surface area (Å²) in [6, 6.07) is 2.69. The van der Waals surface area contributed by atoms with E-state index in [2.05, 4.69) is 21.7 Å². The van der Waals surface area contributed by atoms with Gasteiger partial charge in [-0.15, -0.1) is 0 Å². The van der Waals surface area contributed by atoms with Crippen LogP contribution in [0.5, 0.6) is 0 Å². The third-order valence-electron chi connectivity index (χ3n) is 4.96. The Morgan fingerprint density at radius 3 is 2.64 bits per heavy atom. The number of ether oxygens (including phenoxy) is 1. The van der Waals surface area contributed by atoms with Gasteiger partial charge in [-0.05, 0) is 38.5 Å². The quantitative estimate of drug-likeness (QED) is 0.844. The zero-order valence-electron chi connectivity index (χ0n) is 13.2. The molecule has 4 rings (SSSR count). The van der Waals surface area contributed by atoms with Crippen molar-refractivity contribution in [3.63, 3.8) is 0 Å². The summed E-state index contributed by atoms with van der Waals surface area (Å²) in [5.41, 5.74) is 1.20. The van der Waals surface area contributed by atoms with Gasteiger partial charge in [-0.2, -0.15) is 4.98 Å². The highest BCUT2D eigenvalue weighted by atomic mass is 16.5. The monoisotopic (exact) mass is 302 g/mol. The molecule has 5 nitrogen and oxygen atoms in total. The summed E-state index contributed by atoms with van der Waals surface area (Å²) in [7, 11) is 0. The number of rotatable bonds is 6. The molecule has 0 amide bonds. The van der Waals surface area contributed by atoms with E-state index in [1.54, 1.807) is 0 Å². The van der Waals surface area contributed by atoms with E-state index in [1.807, 2.05) is 0 Å². The van der Waals surface area contributed by atoms with Crippen molar-refractivity contribution >= 4 is 11.8 Å². The lowest BCUT2D eigenvalue weighted by Crippen LogP contribution is -2.21. The number of anilines is 2. The van der Waals surface area contributed by atoms with Crippen LogP contribution in [-0.2, 0) is 4.74 Å². The van der Waals surface area contributed by atoms with E-state index in [0.29, 0.717) is 18.1 Å². The smallest absolute Gasteiger partial charge is 0.225 e. The molecule has 1 atom stereocenters. The fourth-order valence-corrected chi connectivity index (χ4v) is 3.49. The maximum Gasteiger partial charge on any atom is 0.225 e. The summed E-state index contributed by atoms with van der Waals surface area (Å²) in [6.45, 7) is 1.75. The largest absolute Gasteiger partial charge is 0.376 e. The first kappa shape index (κ1) is 14.2. The molecule has 0 aromatic carbocycles. The van der Waals surface area contributed by atoms with Crippen molar-refractivity contribution in [3.8, 4) is 0 Å². The molecule has 22 heavy (non-hydrogen) atoms. The topological polar surface area (TPSA) is 59.1 Å². The number of hydrogen-bond acceptors (Lipinski definition) is 5. The second kappa shape index (κ2) is 6.41. The van der Waals surface area contributed by atoms with Gasteiger partial charge in [0.05, 0.1) is 11.8 Å². The first-order valence-corrected chi connectivity index (χ1v) is 8.88. The molecule has 1 aliphatic heterocycles. The normalized spacial score (nSPS) is 25.5. The molecule has 0 spiro atoms. The molecular formula is C17H26N4O. The zero-order valence-corrected chi connectivity index (χ0v) is 13.2. The SMILES string of the molecule is c1c(NC[C@H]2CCCO2)nc(NC2CCCC2)nc1C1CC1. The van der Waals surface area contributed by atoms with Crippen LogP contribution in [0, 0.1) is 0 Å². The second-order valence-corrected chi connectivity index (χ2v) is 6.92. The van der Waals surface area contributed by atoms with Crippen molar-refractivity contribution in [2.75, 3.05) is 23.8 Å². The number of aromatic nitrogens is 2. The molecule has 2 heterocycles. The summed E-state index contributed by atoms with van der Waals surface area (Å²) in [5.74, 6) is 2.41. The standard InChI is InChI=1S/C17H26N4O/c1-2-5-13(4-1)19-17-20-15(12-7-8-12)10-16(21-17)18-11-14-6-3-9-22-14/h10,12-14H,1-9,11H2,(H2,18,19,20,21)/t14-/m1/s1. The minimum Gasteiger partial charge on any atom is -0.376 e. The van der Waals surface area contributed by atoms with Crippen molar-refractivity contribution in [1.82, 2.24) is 9.97 Å². The molecule has 0 bridgehead atoms. The predicted molar refractivity (Wildman–Crippen MR) is 87.3 cm³/mol. The van der Waals surface area contributed by atoms with Crippen molar-refractivity contribution < 1.29 is 4.74 Å². The first-order chi connectivity index (χ1) is 10.9. The Labute approximate surface area is 132 Å². The highest BCUT2D eigenvalue weighted by molar-refractivity contribution is 5.44. The molecule has 2 aliphatic carbocycles. The number of nitrogens with one attached hydrogen (secondary N) is 2. The van der Waals surface area contributed by atoms with Crippen molar-refractivity contribution in [3.05, 3.63) is 11.8 Å². The van der Waals surface area contributed by atoms with Crippen LogP contribution < -0.4 is 10.6 Å². The zero-order chi connectivity index (χ0) is 14.8. The molecule has 3 aliphatic rings. The van der Waals surface area contributed by atoms with Crippen LogP contribution in [-0.4, -0.2) is 35.3 Å². The lowest BCUT2D eigenvalue weighted by Gasteiger charge is -2.16. The second-order valence-electron chi connectivity index (χ2n) is 6.92. The molecule has 1 saturated heterocycles. The van der Waals surface area contributed by atoms with Gasteiger partial charge < -0.3 is 15.4 Å². The molecule has 2 saturated carbocycles. The van der Waals surface area contributed by atoms with E-state index in [1.165, 1.54) is 50.6 Å². The molecule has 3 fully saturated rings. The van der Waals surface area contributed by atoms with Gasteiger partial charge in [0, 0.05) is 31.2 Å². The molecule has 0 radical (unpaired) electrons. The van der Waals surface area contributed by atoms with Crippen LogP contribution in [0.4, 0.5) is 11.8 Å². The Morgan fingerprint density at radius 1 is 1.05 bits per heavy atom. The Kier molecular flexibility index (Phi) is 4.15. The average molecular weight is 302 g/mol. The third-order valence-corrected chi connectivity index (χ3v) is 4.96. The molecule has 120 valence electrons. The Hall–Kier alpha value is -1.36. The van der Waals surface area contributed by atoms with Gasteiger partial charge in [-0.1, -0.05) is 12.8 Å². The van der Waals surface area contributed by atoms with Gasteiger partial charge in [0.15, 0.2) is 0 Å². The maximum absolute atomic E-state index is 5.68. The lowest BCUT2D eigenvalue weighted by atomic mass is 10.2. The van der Waals surface area contributed by atoms with Gasteiger partial charge >= 0.3 is 0 Å². The van der Waals surface area contributed by atoms with Crippen LogP contribution in [0.3, 0.4) is 0 Å². The van der Waals surface area contributed by atoms with Gasteiger partial charge in [0.1, 0.15) is 5.82 Å². The summed E-state index contributed by atoms with van der Waals surface area (Å²) < 4.78 is 5.68. The molecule has 1 aromatic heterocycles. The van der Waals surface area contributed by atoms with E-state index in [-0.39, 0.29) is 0 Å². The van der Waals surface area contributed by atoms with Crippen molar-refractivity contribution in [2.45, 2.75) is 69.4 Å². The number of nitrogens with zero attached hydrogens (tertiary/aromatic N) is 2. The van der Waals surface area contributed by atoms with Crippen molar-refractivity contribution in [1.29, 1.82) is 0 Å². The number of hydrogen-bond donors (Lipinski definition) is 2. The summed E-state index contributed by atoms with van der Waals surface area (Å²) >= 11 is 0. The minimum absolute atomic E-state index is 0.339. The van der Waals surface area contributed by atoms with Crippen molar-refractivity contribution in [2.24, 2.45) is 0 Å². The highest BCUT2D eigenvalue weighted by Crippen LogP contribution is 2.40. The van der Waals surface area contributed by atoms with Crippen LogP contribution >= 0.6 is 0 Å². The van der Waals surface area contributed by atoms with Crippen LogP contribution in [0.25, 0.3) is 0 Å². The minimum atomic E-state index is 0.339. The lowest BCUT2D eigenvalue weighted by molar-refractivity contribution is 0.120. The summed E-state index contributed by atoms with van der Waals surface area (Å²) in [4.78, 5) is 9.42. The third kappa shape index (κ3) is 3.51.